The van der Waals surface area contributed by atoms with Crippen LogP contribution in [-0.4, -0.2) is 31.1 Å². The normalized spacial score (nSPS) is 10.7. The zero-order valence-corrected chi connectivity index (χ0v) is 16.4. The van der Waals surface area contributed by atoms with E-state index in [9.17, 15) is 0 Å². The molecule has 1 heterocycles. The zero-order chi connectivity index (χ0) is 18.8. The van der Waals surface area contributed by atoms with E-state index in [2.05, 4.69) is 29.9 Å². The summed E-state index contributed by atoms with van der Waals surface area (Å²) in [5, 5.41) is 4.46. The summed E-state index contributed by atoms with van der Waals surface area (Å²) in [5.41, 5.74) is 5.05. The highest BCUT2D eigenvalue weighted by atomic mass is 32.1. The lowest BCUT2D eigenvalue weighted by Gasteiger charge is -2.15. The van der Waals surface area contributed by atoms with Gasteiger partial charge in [-0.05, 0) is 36.2 Å². The Morgan fingerprint density at radius 2 is 1.58 bits per heavy atom. The van der Waals surface area contributed by atoms with Crippen LogP contribution in [-0.2, 0) is 7.05 Å². The fourth-order valence-corrected chi connectivity index (χ4v) is 3.46. The van der Waals surface area contributed by atoms with Crippen LogP contribution in [0.1, 0.15) is 5.56 Å². The Morgan fingerprint density at radius 1 is 0.923 bits per heavy atom. The van der Waals surface area contributed by atoms with E-state index in [1.165, 1.54) is 0 Å². The Kier molecular flexibility index (Phi) is 5.13. The first kappa shape index (κ1) is 18.2. The number of methoxy groups -OCH3 is 3. The Labute approximate surface area is 158 Å². The maximum absolute atomic E-state index is 5.49. The van der Waals surface area contributed by atoms with Gasteiger partial charge in [0.15, 0.2) is 11.5 Å². The summed E-state index contributed by atoms with van der Waals surface area (Å²) < 4.78 is 18.2. The van der Waals surface area contributed by atoms with Crippen molar-refractivity contribution in [2.45, 2.75) is 11.8 Å². The molecule has 6 heteroatoms. The predicted octanol–water partition coefficient (Wildman–Crippen LogP) is 4.38. The van der Waals surface area contributed by atoms with E-state index < -0.39 is 0 Å². The number of hydrogen-bond donors (Lipinski definition) is 1. The molecule has 0 aliphatic heterocycles. The number of aromatic nitrogens is 2. The van der Waals surface area contributed by atoms with Crippen molar-refractivity contribution in [3.05, 3.63) is 42.1 Å². The molecule has 0 saturated heterocycles. The highest BCUT2D eigenvalue weighted by Crippen LogP contribution is 2.43. The van der Waals surface area contributed by atoms with Crippen molar-refractivity contribution in [1.29, 1.82) is 0 Å². The minimum atomic E-state index is 0.563. The monoisotopic (exact) mass is 370 g/mol. The second-order valence-electron chi connectivity index (χ2n) is 5.97. The van der Waals surface area contributed by atoms with Gasteiger partial charge in [-0.15, -0.1) is 12.6 Å². The molecule has 0 N–H and O–H groups in total. The first-order chi connectivity index (χ1) is 12.5. The van der Waals surface area contributed by atoms with Crippen LogP contribution in [0, 0.1) is 6.92 Å². The van der Waals surface area contributed by atoms with Gasteiger partial charge in [0.05, 0.1) is 33.2 Å². The van der Waals surface area contributed by atoms with E-state index in [1.807, 2.05) is 43.0 Å². The summed E-state index contributed by atoms with van der Waals surface area (Å²) in [6.45, 7) is 2.05. The fraction of sp³-hybridized carbons (Fsp3) is 0.250. The predicted molar refractivity (Wildman–Crippen MR) is 106 cm³/mol. The quantitative estimate of drug-likeness (QED) is 0.677. The van der Waals surface area contributed by atoms with Gasteiger partial charge in [0, 0.05) is 23.1 Å². The number of thiol groups is 1. The first-order valence-electron chi connectivity index (χ1n) is 8.12. The van der Waals surface area contributed by atoms with Crippen LogP contribution in [0.2, 0.25) is 0 Å². The van der Waals surface area contributed by atoms with Gasteiger partial charge in [-0.2, -0.15) is 5.10 Å². The molecule has 0 amide bonds. The summed E-state index contributed by atoms with van der Waals surface area (Å²) in [5.74, 6) is 1.76. The van der Waals surface area contributed by atoms with Crippen LogP contribution in [0.3, 0.4) is 0 Å². The average molecular weight is 370 g/mol. The lowest BCUT2D eigenvalue weighted by Crippen LogP contribution is -1.99. The van der Waals surface area contributed by atoms with Crippen molar-refractivity contribution in [3.8, 4) is 39.6 Å². The van der Waals surface area contributed by atoms with Crippen LogP contribution >= 0.6 is 12.6 Å². The average Bonchev–Trinajstić information content (AvgIpc) is 3.01. The Bertz CT molecular complexity index is 925. The lowest BCUT2D eigenvalue weighted by atomic mass is 10.00. The van der Waals surface area contributed by atoms with E-state index in [4.69, 9.17) is 14.2 Å². The lowest BCUT2D eigenvalue weighted by molar-refractivity contribution is 0.324. The van der Waals surface area contributed by atoms with Crippen molar-refractivity contribution in [1.82, 2.24) is 9.78 Å². The van der Waals surface area contributed by atoms with E-state index in [0.29, 0.717) is 17.2 Å². The Balaban J connectivity index is 2.24. The molecule has 1 aromatic heterocycles. The minimum absolute atomic E-state index is 0.563. The zero-order valence-electron chi connectivity index (χ0n) is 15.5. The smallest absolute Gasteiger partial charge is 0.203 e. The molecule has 0 atom stereocenters. The molecule has 0 saturated carbocycles. The Morgan fingerprint density at radius 3 is 2.12 bits per heavy atom. The van der Waals surface area contributed by atoms with Gasteiger partial charge >= 0.3 is 0 Å². The second-order valence-corrected chi connectivity index (χ2v) is 6.45. The molecule has 0 unspecified atom stereocenters. The van der Waals surface area contributed by atoms with Gasteiger partial charge in [0.25, 0.3) is 0 Å². The van der Waals surface area contributed by atoms with Crippen molar-refractivity contribution in [3.63, 3.8) is 0 Å². The maximum Gasteiger partial charge on any atom is 0.203 e. The van der Waals surface area contributed by atoms with Gasteiger partial charge < -0.3 is 14.2 Å². The van der Waals surface area contributed by atoms with Gasteiger partial charge in [0.1, 0.15) is 0 Å². The third-order valence-corrected chi connectivity index (χ3v) is 4.69. The molecular weight excluding hydrogens is 348 g/mol. The van der Waals surface area contributed by atoms with Crippen LogP contribution in [0.25, 0.3) is 22.4 Å². The van der Waals surface area contributed by atoms with Crippen molar-refractivity contribution in [2.24, 2.45) is 7.05 Å². The molecule has 0 aliphatic rings. The number of benzene rings is 2. The van der Waals surface area contributed by atoms with E-state index in [-0.39, 0.29) is 0 Å². The topological polar surface area (TPSA) is 45.5 Å². The van der Waals surface area contributed by atoms with E-state index >= 15 is 0 Å². The number of aryl methyl sites for hydroxylation is 2. The number of nitrogens with zero attached hydrogens (tertiary/aromatic N) is 2. The standard InChI is InChI=1S/C20H22N2O3S/c1-12-6-7-14(18(26)8-12)15-11-21-22(2)19(15)13-9-16(23-3)20(25-5)17(10-13)24-4/h6-11,26H,1-5H3. The third kappa shape index (κ3) is 3.12. The highest BCUT2D eigenvalue weighted by molar-refractivity contribution is 7.80. The largest absolute Gasteiger partial charge is 0.493 e. The third-order valence-electron chi connectivity index (χ3n) is 4.32. The van der Waals surface area contributed by atoms with Crippen molar-refractivity contribution < 1.29 is 14.2 Å². The number of ether oxygens (including phenoxy) is 3. The van der Waals surface area contributed by atoms with Gasteiger partial charge in [-0.1, -0.05) is 12.1 Å². The summed E-state index contributed by atoms with van der Waals surface area (Å²) in [4.78, 5) is 0.909. The summed E-state index contributed by atoms with van der Waals surface area (Å²) in [6, 6.07) is 10.0. The van der Waals surface area contributed by atoms with Crippen molar-refractivity contribution >= 4 is 12.6 Å². The molecule has 2 aromatic carbocycles. The number of rotatable bonds is 5. The van der Waals surface area contributed by atoms with Crippen LogP contribution in [0.15, 0.2) is 41.4 Å². The number of hydrogen-bond acceptors (Lipinski definition) is 5. The van der Waals surface area contributed by atoms with E-state index in [0.717, 1.165) is 32.8 Å². The molecule has 0 aliphatic carbocycles. The molecule has 5 nitrogen and oxygen atoms in total. The SMILES string of the molecule is COc1cc(-c2c(-c3ccc(C)cc3S)cnn2C)cc(OC)c1OC. The second kappa shape index (κ2) is 7.33. The van der Waals surface area contributed by atoms with Crippen LogP contribution < -0.4 is 14.2 Å². The fourth-order valence-electron chi connectivity index (χ4n) is 3.06. The summed E-state index contributed by atoms with van der Waals surface area (Å²) in [6.07, 6.45) is 1.85. The first-order valence-corrected chi connectivity index (χ1v) is 8.57. The van der Waals surface area contributed by atoms with Crippen LogP contribution in [0.5, 0.6) is 17.2 Å². The highest BCUT2D eigenvalue weighted by Gasteiger charge is 2.20. The minimum Gasteiger partial charge on any atom is -0.493 e. The molecule has 3 rings (SSSR count). The van der Waals surface area contributed by atoms with Crippen molar-refractivity contribution in [2.75, 3.05) is 21.3 Å². The van der Waals surface area contributed by atoms with Gasteiger partial charge in [-0.3, -0.25) is 4.68 Å². The molecule has 136 valence electrons. The molecule has 0 bridgehead atoms. The Hall–Kier alpha value is -2.60. The maximum atomic E-state index is 5.49. The molecule has 3 aromatic rings. The molecular formula is C20H22N2O3S. The van der Waals surface area contributed by atoms with Crippen LogP contribution in [0.4, 0.5) is 0 Å². The molecule has 26 heavy (non-hydrogen) atoms. The summed E-state index contributed by atoms with van der Waals surface area (Å²) in [7, 11) is 6.72. The van der Waals surface area contributed by atoms with E-state index in [1.54, 1.807) is 21.3 Å². The molecule has 0 fully saturated rings. The summed E-state index contributed by atoms with van der Waals surface area (Å²) >= 11 is 4.65. The molecule has 0 radical (unpaired) electrons. The van der Waals surface area contributed by atoms with Gasteiger partial charge in [0.2, 0.25) is 5.75 Å². The molecule has 0 spiro atoms. The van der Waals surface area contributed by atoms with Gasteiger partial charge in [-0.25, -0.2) is 0 Å².